The molecule has 0 aliphatic rings. The number of oxime groups is 1. The molecule has 0 radical (unpaired) electrons. The lowest BCUT2D eigenvalue weighted by molar-refractivity contribution is 0.0511. The quantitative estimate of drug-likeness (QED) is 0.319. The first-order valence-electron chi connectivity index (χ1n) is 8.35. The van der Waals surface area contributed by atoms with Crippen molar-refractivity contribution in [1.82, 2.24) is 0 Å². The Balaban J connectivity index is 2.00. The topological polar surface area (TPSA) is 73.9 Å². The number of halogens is 2. The van der Waals surface area contributed by atoms with Crippen molar-refractivity contribution in [1.29, 1.82) is 0 Å². The fourth-order valence-corrected chi connectivity index (χ4v) is 2.60. The van der Waals surface area contributed by atoms with Crippen LogP contribution in [0, 0.1) is 0 Å². The van der Waals surface area contributed by atoms with Crippen molar-refractivity contribution in [3.63, 3.8) is 0 Å². The van der Waals surface area contributed by atoms with Crippen molar-refractivity contribution in [2.45, 2.75) is 39.2 Å². The van der Waals surface area contributed by atoms with Crippen LogP contribution in [-0.2, 0) is 10.3 Å². The first-order valence-corrected chi connectivity index (χ1v) is 9.10. The van der Waals surface area contributed by atoms with E-state index in [0.717, 1.165) is 5.56 Å². The second-order valence-electron chi connectivity index (χ2n) is 7.06. The number of nitrogens with zero attached hydrogens (tertiary/aromatic N) is 1. The van der Waals surface area contributed by atoms with Crippen LogP contribution in [0.5, 0.6) is 5.75 Å². The van der Waals surface area contributed by atoms with Gasteiger partial charge in [-0.1, -0.05) is 61.3 Å². The fourth-order valence-electron chi connectivity index (χ4n) is 2.15. The lowest BCUT2D eigenvalue weighted by Crippen LogP contribution is -2.31. The van der Waals surface area contributed by atoms with Crippen LogP contribution in [0.3, 0.4) is 0 Å². The van der Waals surface area contributed by atoms with Crippen LogP contribution < -0.4 is 10.5 Å². The average Bonchev–Trinajstić information content (AvgIpc) is 2.61. The Labute approximate surface area is 169 Å². The van der Waals surface area contributed by atoms with E-state index in [9.17, 15) is 4.79 Å². The molecule has 2 aromatic rings. The molecule has 27 heavy (non-hydrogen) atoms. The minimum Gasteiger partial charge on any atom is -0.481 e. The summed E-state index contributed by atoms with van der Waals surface area (Å²) >= 11 is 11.9. The van der Waals surface area contributed by atoms with E-state index in [1.807, 2.05) is 12.1 Å². The van der Waals surface area contributed by atoms with Crippen LogP contribution in [0.15, 0.2) is 47.6 Å². The maximum Gasteiger partial charge on any atom is 0.365 e. The van der Waals surface area contributed by atoms with Gasteiger partial charge < -0.3 is 15.3 Å². The molecule has 0 aliphatic heterocycles. The van der Waals surface area contributed by atoms with E-state index in [0.29, 0.717) is 21.4 Å². The number of rotatable bonds is 5. The lowest BCUT2D eigenvalue weighted by Gasteiger charge is -2.18. The van der Waals surface area contributed by atoms with Gasteiger partial charge in [-0.2, -0.15) is 0 Å². The number of carbonyl (C=O) groups excluding carboxylic acids is 1. The molecule has 5 nitrogen and oxygen atoms in total. The Hall–Kier alpha value is -2.24. The maximum absolute atomic E-state index is 12.1. The summed E-state index contributed by atoms with van der Waals surface area (Å²) in [5.74, 6) is -0.202. The highest BCUT2D eigenvalue weighted by molar-refractivity contribution is 6.35. The fraction of sp³-hybridized carbons (Fsp3) is 0.300. The molecule has 0 unspecified atom stereocenters. The van der Waals surface area contributed by atoms with E-state index in [2.05, 4.69) is 25.9 Å². The molecule has 0 aliphatic carbocycles. The van der Waals surface area contributed by atoms with Crippen LogP contribution >= 0.6 is 23.2 Å². The monoisotopic (exact) mass is 408 g/mol. The third-order valence-electron chi connectivity index (χ3n) is 3.83. The summed E-state index contributed by atoms with van der Waals surface area (Å²) in [5.41, 5.74) is 7.33. The van der Waals surface area contributed by atoms with Crippen molar-refractivity contribution in [2.75, 3.05) is 0 Å². The third-order valence-corrected chi connectivity index (χ3v) is 4.37. The van der Waals surface area contributed by atoms with Crippen LogP contribution in [0.4, 0.5) is 0 Å². The molecule has 144 valence electrons. The van der Waals surface area contributed by atoms with Crippen molar-refractivity contribution in [2.24, 2.45) is 10.9 Å². The Morgan fingerprint density at radius 3 is 2.30 bits per heavy atom. The zero-order chi connectivity index (χ0) is 20.2. The number of carbonyl (C=O) groups is 1. The van der Waals surface area contributed by atoms with E-state index in [-0.39, 0.29) is 11.3 Å². The van der Waals surface area contributed by atoms with Gasteiger partial charge in [-0.05, 0) is 48.2 Å². The second kappa shape index (κ2) is 8.63. The van der Waals surface area contributed by atoms with Crippen molar-refractivity contribution in [3.8, 4) is 5.75 Å². The smallest absolute Gasteiger partial charge is 0.365 e. The number of hydrogen-bond acceptors (Lipinski definition) is 4. The molecule has 2 N–H and O–H groups in total. The van der Waals surface area contributed by atoms with Gasteiger partial charge in [0.1, 0.15) is 5.75 Å². The van der Waals surface area contributed by atoms with Gasteiger partial charge in [0.05, 0.1) is 10.6 Å². The SMILES string of the molecule is C[C@@H](Oc1ccc(Cl)cc1Cl)/C(N)=N\OC(=O)c1ccc(C(C)(C)C)cc1. The number of benzene rings is 2. The molecule has 0 fully saturated rings. The van der Waals surface area contributed by atoms with Crippen LogP contribution in [-0.4, -0.2) is 17.9 Å². The number of hydrogen-bond donors (Lipinski definition) is 1. The van der Waals surface area contributed by atoms with Gasteiger partial charge in [-0.3, -0.25) is 0 Å². The summed E-state index contributed by atoms with van der Waals surface area (Å²) in [6, 6.07) is 12.0. The van der Waals surface area contributed by atoms with Gasteiger partial charge in [0.2, 0.25) is 0 Å². The summed E-state index contributed by atoms with van der Waals surface area (Å²) in [6.07, 6.45) is -0.653. The van der Waals surface area contributed by atoms with E-state index in [4.69, 9.17) is 38.5 Å². The number of ether oxygens (including phenoxy) is 1. The largest absolute Gasteiger partial charge is 0.481 e. The van der Waals surface area contributed by atoms with E-state index in [1.165, 1.54) is 0 Å². The summed E-state index contributed by atoms with van der Waals surface area (Å²) in [6.45, 7) is 7.95. The molecule has 0 amide bonds. The summed E-state index contributed by atoms with van der Waals surface area (Å²) < 4.78 is 5.62. The van der Waals surface area contributed by atoms with Crippen molar-refractivity contribution in [3.05, 3.63) is 63.6 Å². The summed E-state index contributed by atoms with van der Waals surface area (Å²) in [7, 11) is 0. The van der Waals surface area contributed by atoms with E-state index < -0.39 is 12.1 Å². The van der Waals surface area contributed by atoms with Crippen molar-refractivity contribution >= 4 is 35.0 Å². The molecule has 0 aromatic heterocycles. The van der Waals surface area contributed by atoms with Gasteiger partial charge in [0.25, 0.3) is 0 Å². The van der Waals surface area contributed by atoms with Crippen LogP contribution in [0.2, 0.25) is 10.0 Å². The Morgan fingerprint density at radius 2 is 1.74 bits per heavy atom. The molecule has 2 rings (SSSR count). The molecule has 0 bridgehead atoms. The Kier molecular flexibility index (Phi) is 6.73. The minimum atomic E-state index is -0.653. The van der Waals surface area contributed by atoms with Gasteiger partial charge in [-0.15, -0.1) is 0 Å². The summed E-state index contributed by atoms with van der Waals surface area (Å²) in [4.78, 5) is 17.0. The molecule has 0 saturated heterocycles. The second-order valence-corrected chi connectivity index (χ2v) is 7.90. The molecule has 0 saturated carbocycles. The number of amidine groups is 1. The predicted octanol–water partition coefficient (Wildman–Crippen LogP) is 5.19. The molecule has 0 spiro atoms. The number of nitrogens with two attached hydrogens (primary N) is 1. The van der Waals surface area contributed by atoms with Crippen LogP contribution in [0.1, 0.15) is 43.6 Å². The molecular weight excluding hydrogens is 387 g/mol. The highest BCUT2D eigenvalue weighted by Gasteiger charge is 2.16. The first kappa shape index (κ1) is 21.1. The molecule has 7 heteroatoms. The minimum absolute atomic E-state index is 0.000628. The Morgan fingerprint density at radius 1 is 1.11 bits per heavy atom. The highest BCUT2D eigenvalue weighted by atomic mass is 35.5. The van der Waals surface area contributed by atoms with Gasteiger partial charge in [0, 0.05) is 5.02 Å². The van der Waals surface area contributed by atoms with E-state index in [1.54, 1.807) is 37.3 Å². The first-order chi connectivity index (χ1) is 12.6. The lowest BCUT2D eigenvalue weighted by atomic mass is 9.87. The Bertz CT molecular complexity index is 843. The van der Waals surface area contributed by atoms with Gasteiger partial charge >= 0.3 is 5.97 Å². The van der Waals surface area contributed by atoms with E-state index >= 15 is 0 Å². The summed E-state index contributed by atoms with van der Waals surface area (Å²) in [5, 5.41) is 4.50. The maximum atomic E-state index is 12.1. The third kappa shape index (κ3) is 5.88. The zero-order valence-corrected chi connectivity index (χ0v) is 17.1. The average molecular weight is 409 g/mol. The standard InChI is InChI=1S/C20H22Cl2N2O3/c1-12(26-17-10-9-15(21)11-16(17)22)18(23)24-27-19(25)13-5-7-14(8-6-13)20(2,3)4/h5-12H,1-4H3,(H2,23,24)/t12-/m1/s1. The zero-order valence-electron chi connectivity index (χ0n) is 15.6. The van der Waals surface area contributed by atoms with Gasteiger partial charge in [-0.25, -0.2) is 4.79 Å². The van der Waals surface area contributed by atoms with Crippen molar-refractivity contribution < 1.29 is 14.4 Å². The molecule has 2 aromatic carbocycles. The van der Waals surface area contributed by atoms with Crippen LogP contribution in [0.25, 0.3) is 0 Å². The van der Waals surface area contributed by atoms with Gasteiger partial charge in [0.15, 0.2) is 11.9 Å². The molecule has 0 heterocycles. The highest BCUT2D eigenvalue weighted by Crippen LogP contribution is 2.28. The molecule has 1 atom stereocenters. The normalized spacial score (nSPS) is 13.2. The molecular formula is C20H22Cl2N2O3. The predicted molar refractivity (Wildman–Crippen MR) is 109 cm³/mol.